The molecule has 160 valence electrons. The van der Waals surface area contributed by atoms with Crippen molar-refractivity contribution >= 4 is 5.97 Å². The Bertz CT molecular complexity index is 1030. The zero-order valence-corrected chi connectivity index (χ0v) is 17.8. The molecule has 1 fully saturated rings. The van der Waals surface area contributed by atoms with Crippen molar-refractivity contribution in [3.8, 4) is 11.5 Å². The summed E-state index contributed by atoms with van der Waals surface area (Å²) in [7, 11) is 1.67. The van der Waals surface area contributed by atoms with Gasteiger partial charge < -0.3 is 14.6 Å². The zero-order valence-electron chi connectivity index (χ0n) is 17.8. The van der Waals surface area contributed by atoms with Crippen LogP contribution in [-0.4, -0.2) is 18.2 Å². The highest BCUT2D eigenvalue weighted by molar-refractivity contribution is 5.75. The Balaban J connectivity index is 1.35. The molecule has 0 aromatic heterocycles. The van der Waals surface area contributed by atoms with Gasteiger partial charge in [0.25, 0.3) is 0 Å². The first-order valence-electron chi connectivity index (χ1n) is 10.8. The van der Waals surface area contributed by atoms with Crippen LogP contribution in [0.4, 0.5) is 0 Å². The quantitative estimate of drug-likeness (QED) is 0.465. The van der Waals surface area contributed by atoms with E-state index in [-0.39, 0.29) is 11.8 Å². The zero-order chi connectivity index (χ0) is 21.6. The largest absolute Gasteiger partial charge is 0.493 e. The van der Waals surface area contributed by atoms with Crippen LogP contribution >= 0.6 is 0 Å². The van der Waals surface area contributed by atoms with Crippen molar-refractivity contribution in [3.63, 3.8) is 0 Å². The molecule has 3 aromatic carbocycles. The van der Waals surface area contributed by atoms with Gasteiger partial charge in [-0.15, -0.1) is 0 Å². The van der Waals surface area contributed by atoms with E-state index in [0.29, 0.717) is 6.61 Å². The molecule has 0 heterocycles. The van der Waals surface area contributed by atoms with Crippen LogP contribution in [0.2, 0.25) is 0 Å². The predicted molar refractivity (Wildman–Crippen MR) is 121 cm³/mol. The second kappa shape index (κ2) is 9.69. The number of hydrogen-bond donors (Lipinski definition) is 1. The molecule has 0 spiro atoms. The number of benzene rings is 3. The molecule has 4 nitrogen and oxygen atoms in total. The third-order valence-electron chi connectivity index (χ3n) is 5.94. The van der Waals surface area contributed by atoms with Crippen molar-refractivity contribution in [3.05, 3.63) is 95.1 Å². The number of carboxylic acid groups (broad SMARTS) is 1. The molecule has 1 aliphatic rings. The second-order valence-corrected chi connectivity index (χ2v) is 8.10. The highest BCUT2D eigenvalue weighted by Crippen LogP contribution is 2.48. The van der Waals surface area contributed by atoms with Crippen molar-refractivity contribution in [1.29, 1.82) is 0 Å². The van der Waals surface area contributed by atoms with Gasteiger partial charge in [-0.25, -0.2) is 0 Å². The summed E-state index contributed by atoms with van der Waals surface area (Å²) in [5.74, 6) is 0.773. The van der Waals surface area contributed by atoms with Crippen LogP contribution in [0.25, 0.3) is 0 Å². The normalized spacial score (nSPS) is 17.2. The first kappa shape index (κ1) is 21.0. The summed E-state index contributed by atoms with van der Waals surface area (Å²) >= 11 is 0. The maximum atomic E-state index is 11.2. The number of aryl methyl sites for hydroxylation is 2. The van der Waals surface area contributed by atoms with Crippen molar-refractivity contribution in [1.82, 2.24) is 0 Å². The van der Waals surface area contributed by atoms with E-state index < -0.39 is 5.97 Å². The summed E-state index contributed by atoms with van der Waals surface area (Å²) in [5.41, 5.74) is 4.80. The first-order chi connectivity index (χ1) is 15.2. The number of carboxylic acids is 1. The summed E-state index contributed by atoms with van der Waals surface area (Å²) in [6.45, 7) is 0.506. The van der Waals surface area contributed by atoms with Crippen LogP contribution in [0.15, 0.2) is 72.8 Å². The van der Waals surface area contributed by atoms with Crippen LogP contribution in [0.5, 0.6) is 11.5 Å². The van der Waals surface area contributed by atoms with Crippen molar-refractivity contribution in [2.45, 2.75) is 38.2 Å². The number of aliphatic carboxylic acids is 1. The van der Waals surface area contributed by atoms with Crippen molar-refractivity contribution in [2.75, 3.05) is 7.11 Å². The van der Waals surface area contributed by atoms with Gasteiger partial charge in [0.1, 0.15) is 6.61 Å². The van der Waals surface area contributed by atoms with E-state index in [0.717, 1.165) is 42.7 Å². The molecule has 3 aromatic rings. The lowest BCUT2D eigenvalue weighted by atomic mass is 9.96. The smallest absolute Gasteiger partial charge is 0.307 e. The summed E-state index contributed by atoms with van der Waals surface area (Å²) in [6, 6.07) is 24.5. The number of methoxy groups -OCH3 is 1. The Labute approximate surface area is 183 Å². The minimum absolute atomic E-state index is 0.176. The Morgan fingerprint density at radius 2 is 1.71 bits per heavy atom. The van der Waals surface area contributed by atoms with Gasteiger partial charge in [0, 0.05) is 0 Å². The van der Waals surface area contributed by atoms with E-state index in [1.54, 1.807) is 7.11 Å². The second-order valence-electron chi connectivity index (χ2n) is 8.10. The lowest BCUT2D eigenvalue weighted by Gasteiger charge is -2.13. The molecule has 1 saturated carbocycles. The molecule has 4 heteroatoms. The fourth-order valence-electron chi connectivity index (χ4n) is 4.14. The van der Waals surface area contributed by atoms with Gasteiger partial charge in [-0.05, 0) is 66.0 Å². The van der Waals surface area contributed by atoms with Gasteiger partial charge in [-0.3, -0.25) is 4.79 Å². The van der Waals surface area contributed by atoms with Gasteiger partial charge in [0.05, 0.1) is 13.0 Å². The van der Waals surface area contributed by atoms with E-state index >= 15 is 0 Å². The molecule has 0 radical (unpaired) electrons. The predicted octanol–water partition coefficient (Wildman–Crippen LogP) is 5.64. The summed E-state index contributed by atoms with van der Waals surface area (Å²) in [5, 5.41) is 9.25. The highest BCUT2D eigenvalue weighted by Gasteiger charge is 2.44. The molecule has 0 bridgehead atoms. The van der Waals surface area contributed by atoms with Gasteiger partial charge >= 0.3 is 5.97 Å². The average Bonchev–Trinajstić information content (AvgIpc) is 3.60. The van der Waals surface area contributed by atoms with E-state index in [4.69, 9.17) is 9.47 Å². The third-order valence-corrected chi connectivity index (χ3v) is 5.94. The maximum absolute atomic E-state index is 11.2. The maximum Gasteiger partial charge on any atom is 0.307 e. The topological polar surface area (TPSA) is 55.8 Å². The van der Waals surface area contributed by atoms with E-state index in [1.807, 2.05) is 54.6 Å². The lowest BCUT2D eigenvalue weighted by Crippen LogP contribution is -2.01. The van der Waals surface area contributed by atoms with Crippen molar-refractivity contribution < 1.29 is 19.4 Å². The molecular formula is C27H28O4. The van der Waals surface area contributed by atoms with E-state index in [2.05, 4.69) is 18.2 Å². The Kier molecular flexibility index (Phi) is 6.56. The minimum Gasteiger partial charge on any atom is -0.493 e. The fraction of sp³-hybridized carbons (Fsp3) is 0.296. The van der Waals surface area contributed by atoms with Crippen LogP contribution in [0, 0.1) is 5.92 Å². The third kappa shape index (κ3) is 5.26. The monoisotopic (exact) mass is 416 g/mol. The van der Waals surface area contributed by atoms with E-state index in [1.165, 1.54) is 16.7 Å². The van der Waals surface area contributed by atoms with Crippen LogP contribution < -0.4 is 9.47 Å². The fourth-order valence-corrected chi connectivity index (χ4v) is 4.14. The first-order valence-corrected chi connectivity index (χ1v) is 10.8. The Morgan fingerprint density at radius 3 is 2.45 bits per heavy atom. The van der Waals surface area contributed by atoms with Crippen LogP contribution in [0.1, 0.15) is 41.0 Å². The Hall–Kier alpha value is -3.27. The molecule has 0 aliphatic heterocycles. The molecule has 1 N–H and O–H groups in total. The minimum atomic E-state index is -0.679. The van der Waals surface area contributed by atoms with Crippen LogP contribution in [0.3, 0.4) is 0 Å². The number of rotatable bonds is 10. The molecule has 2 atom stereocenters. The Morgan fingerprint density at radius 1 is 0.935 bits per heavy atom. The highest BCUT2D eigenvalue weighted by atomic mass is 16.5. The van der Waals surface area contributed by atoms with E-state index in [9.17, 15) is 9.90 Å². The van der Waals surface area contributed by atoms with Gasteiger partial charge in [-0.2, -0.15) is 0 Å². The van der Waals surface area contributed by atoms with Crippen molar-refractivity contribution in [2.24, 2.45) is 5.92 Å². The summed E-state index contributed by atoms with van der Waals surface area (Å²) in [4.78, 5) is 11.2. The average molecular weight is 417 g/mol. The van der Waals surface area contributed by atoms with Gasteiger partial charge in [0.2, 0.25) is 0 Å². The molecular weight excluding hydrogens is 388 g/mol. The number of hydrogen-bond acceptors (Lipinski definition) is 3. The molecule has 0 amide bonds. The number of ether oxygens (including phenoxy) is 2. The molecule has 31 heavy (non-hydrogen) atoms. The molecule has 2 unspecified atom stereocenters. The van der Waals surface area contributed by atoms with Gasteiger partial charge in [-0.1, -0.05) is 60.7 Å². The van der Waals surface area contributed by atoms with Gasteiger partial charge in [0.15, 0.2) is 11.5 Å². The molecule has 0 saturated heterocycles. The summed E-state index contributed by atoms with van der Waals surface area (Å²) in [6.07, 6.45) is 3.62. The standard InChI is InChI=1S/C27H28O4/c1-30-26-16-19(14-15-25(26)31-18-20-8-3-2-4-9-20)10-7-12-21-11-5-6-13-22(21)23-17-24(23)27(28)29/h2-6,8-9,11,13-16,23-24H,7,10,12,17-18H2,1H3,(H,28,29). The molecule has 4 rings (SSSR count). The molecule has 1 aliphatic carbocycles. The SMILES string of the molecule is COc1cc(CCCc2ccccc2C2CC2C(=O)O)ccc1OCc1ccccc1. The van der Waals surface area contributed by atoms with Crippen LogP contribution in [-0.2, 0) is 24.2 Å². The lowest BCUT2D eigenvalue weighted by molar-refractivity contribution is -0.138. The number of carbonyl (C=O) groups is 1. The summed E-state index contributed by atoms with van der Waals surface area (Å²) < 4.78 is 11.5.